The lowest BCUT2D eigenvalue weighted by Gasteiger charge is -2.25. The minimum atomic E-state index is -0.225. The molecule has 1 N–H and O–H groups in total. The largest absolute Gasteiger partial charge is 0.333 e. The first-order chi connectivity index (χ1) is 10.5. The Morgan fingerprint density at radius 2 is 2.00 bits per heavy atom. The lowest BCUT2D eigenvalue weighted by molar-refractivity contribution is 0.341. The van der Waals surface area contributed by atoms with Crippen LogP contribution in [0.5, 0.6) is 0 Å². The summed E-state index contributed by atoms with van der Waals surface area (Å²) in [4.78, 5) is 30.0. The molecule has 3 rings (SSSR count). The number of rotatable bonds is 3. The quantitative estimate of drug-likeness (QED) is 0.895. The molecule has 2 aromatic rings. The van der Waals surface area contributed by atoms with Gasteiger partial charge in [0.05, 0.1) is 6.33 Å². The fraction of sp³-hybridized carbons (Fsp3) is 0.667. The molecule has 1 aliphatic heterocycles. The Labute approximate surface area is 128 Å². The summed E-state index contributed by atoms with van der Waals surface area (Å²) < 4.78 is 4.82. The van der Waals surface area contributed by atoms with Gasteiger partial charge in [0.25, 0.3) is 5.56 Å². The van der Waals surface area contributed by atoms with E-state index >= 15 is 0 Å². The van der Waals surface area contributed by atoms with Crippen LogP contribution < -0.4 is 16.6 Å². The van der Waals surface area contributed by atoms with Crippen LogP contribution in [0.1, 0.15) is 32.7 Å². The predicted molar refractivity (Wildman–Crippen MR) is 85.2 cm³/mol. The number of hydrogen-bond acceptors (Lipinski definition) is 4. The maximum Gasteiger partial charge on any atom is 0.333 e. The van der Waals surface area contributed by atoms with Crippen molar-refractivity contribution in [1.29, 1.82) is 0 Å². The molecule has 7 nitrogen and oxygen atoms in total. The molecule has 0 aromatic carbocycles. The molecule has 0 atom stereocenters. The number of hydrogen-bond donors (Lipinski definition) is 1. The Morgan fingerprint density at radius 3 is 2.64 bits per heavy atom. The van der Waals surface area contributed by atoms with Gasteiger partial charge >= 0.3 is 5.69 Å². The van der Waals surface area contributed by atoms with Crippen molar-refractivity contribution in [3.63, 3.8) is 0 Å². The molecule has 0 unspecified atom stereocenters. The van der Waals surface area contributed by atoms with Crippen molar-refractivity contribution in [2.75, 3.05) is 13.1 Å². The van der Waals surface area contributed by atoms with E-state index in [2.05, 4.69) is 24.1 Å². The molecule has 0 spiro atoms. The van der Waals surface area contributed by atoms with Crippen LogP contribution in [0.2, 0.25) is 0 Å². The zero-order chi connectivity index (χ0) is 15.9. The van der Waals surface area contributed by atoms with Gasteiger partial charge in [-0.3, -0.25) is 13.9 Å². The third-order valence-electron chi connectivity index (χ3n) is 4.25. The number of aromatic nitrogens is 4. The third-order valence-corrected chi connectivity index (χ3v) is 4.25. The van der Waals surface area contributed by atoms with Crippen LogP contribution in [0.15, 0.2) is 15.9 Å². The summed E-state index contributed by atoms with van der Waals surface area (Å²) in [6.07, 6.45) is 3.22. The molecular weight excluding hydrogens is 282 g/mol. The van der Waals surface area contributed by atoms with Gasteiger partial charge in [0.15, 0.2) is 11.2 Å². The first-order valence-electron chi connectivity index (χ1n) is 7.87. The maximum absolute atomic E-state index is 12.9. The van der Waals surface area contributed by atoms with Gasteiger partial charge in [-0.1, -0.05) is 13.8 Å². The molecule has 1 fully saturated rings. The Hall–Kier alpha value is -1.89. The predicted octanol–water partition coefficient (Wildman–Crippen LogP) is 0.477. The van der Waals surface area contributed by atoms with Gasteiger partial charge in [-0.15, -0.1) is 0 Å². The molecule has 120 valence electrons. The summed E-state index contributed by atoms with van der Waals surface area (Å²) in [6, 6.07) is -0.0287. The number of aryl methyl sites for hydroxylation is 1. The summed E-state index contributed by atoms with van der Waals surface area (Å²) in [5.74, 6) is 0.307. The normalized spacial score (nSPS) is 16.7. The smallest absolute Gasteiger partial charge is 0.328 e. The minimum Gasteiger partial charge on any atom is -0.328 e. The number of piperidine rings is 1. The van der Waals surface area contributed by atoms with E-state index in [1.54, 1.807) is 22.5 Å². The molecule has 7 heteroatoms. The lowest BCUT2D eigenvalue weighted by atomic mass is 10.1. The molecule has 0 amide bonds. The van der Waals surface area contributed by atoms with Crippen LogP contribution in [0, 0.1) is 5.92 Å². The summed E-state index contributed by atoms with van der Waals surface area (Å²) in [6.45, 7) is 6.36. The molecule has 2 aromatic heterocycles. The Balaban J connectivity index is 2.29. The van der Waals surface area contributed by atoms with E-state index in [1.165, 1.54) is 4.57 Å². The zero-order valence-electron chi connectivity index (χ0n) is 13.4. The second kappa shape index (κ2) is 5.72. The SMILES string of the molecule is CC(C)Cn1c(=O)n(C2CCNCC2)c(=O)c2c1ncn2C. The van der Waals surface area contributed by atoms with Crippen LogP contribution in [-0.2, 0) is 13.6 Å². The third kappa shape index (κ3) is 2.39. The summed E-state index contributed by atoms with van der Waals surface area (Å²) in [7, 11) is 1.80. The molecular formula is C15H23N5O2. The van der Waals surface area contributed by atoms with Crippen molar-refractivity contribution in [3.05, 3.63) is 27.2 Å². The van der Waals surface area contributed by atoms with Gasteiger partial charge in [-0.2, -0.15) is 0 Å². The zero-order valence-corrected chi connectivity index (χ0v) is 13.4. The molecule has 1 saturated heterocycles. The van der Waals surface area contributed by atoms with E-state index in [4.69, 9.17) is 0 Å². The highest BCUT2D eigenvalue weighted by molar-refractivity contribution is 5.69. The average Bonchev–Trinajstić information content (AvgIpc) is 2.87. The van der Waals surface area contributed by atoms with Crippen molar-refractivity contribution >= 4 is 11.2 Å². The summed E-state index contributed by atoms with van der Waals surface area (Å²) in [5, 5.41) is 3.27. The average molecular weight is 305 g/mol. The Morgan fingerprint density at radius 1 is 1.32 bits per heavy atom. The monoisotopic (exact) mass is 305 g/mol. The van der Waals surface area contributed by atoms with E-state index in [-0.39, 0.29) is 17.3 Å². The van der Waals surface area contributed by atoms with Gasteiger partial charge in [0.2, 0.25) is 0 Å². The number of nitrogens with zero attached hydrogens (tertiary/aromatic N) is 4. The van der Waals surface area contributed by atoms with Crippen molar-refractivity contribution in [2.45, 2.75) is 39.3 Å². The van der Waals surface area contributed by atoms with Crippen LogP contribution in [0.25, 0.3) is 11.2 Å². The van der Waals surface area contributed by atoms with Gasteiger partial charge in [0, 0.05) is 19.6 Å². The van der Waals surface area contributed by atoms with Crippen LogP contribution in [0.3, 0.4) is 0 Å². The second-order valence-electron chi connectivity index (χ2n) is 6.47. The number of fused-ring (bicyclic) bond motifs is 1. The number of nitrogens with one attached hydrogen (secondary N) is 1. The maximum atomic E-state index is 12.9. The van der Waals surface area contributed by atoms with Crippen molar-refractivity contribution in [1.82, 2.24) is 24.0 Å². The highest BCUT2D eigenvalue weighted by atomic mass is 16.2. The lowest BCUT2D eigenvalue weighted by Crippen LogP contribution is -2.45. The summed E-state index contributed by atoms with van der Waals surface area (Å²) >= 11 is 0. The van der Waals surface area contributed by atoms with E-state index < -0.39 is 0 Å². The topological polar surface area (TPSA) is 73.8 Å². The summed E-state index contributed by atoms with van der Waals surface area (Å²) in [5.41, 5.74) is 0.568. The van der Waals surface area contributed by atoms with Crippen LogP contribution in [-0.4, -0.2) is 31.8 Å². The van der Waals surface area contributed by atoms with Crippen molar-refractivity contribution in [2.24, 2.45) is 13.0 Å². The van der Waals surface area contributed by atoms with E-state index in [0.717, 1.165) is 25.9 Å². The molecule has 1 aliphatic rings. The molecule has 0 bridgehead atoms. The molecule has 0 radical (unpaired) electrons. The van der Waals surface area contributed by atoms with Gasteiger partial charge in [-0.05, 0) is 31.8 Å². The van der Waals surface area contributed by atoms with Gasteiger partial charge < -0.3 is 9.88 Å². The van der Waals surface area contributed by atoms with Gasteiger partial charge in [-0.25, -0.2) is 9.78 Å². The van der Waals surface area contributed by atoms with E-state index in [1.807, 2.05) is 0 Å². The van der Waals surface area contributed by atoms with Crippen molar-refractivity contribution in [3.8, 4) is 0 Å². The highest BCUT2D eigenvalue weighted by Crippen LogP contribution is 2.16. The highest BCUT2D eigenvalue weighted by Gasteiger charge is 2.24. The minimum absolute atomic E-state index is 0.0287. The first kappa shape index (κ1) is 15.0. The van der Waals surface area contributed by atoms with E-state index in [0.29, 0.717) is 23.6 Å². The van der Waals surface area contributed by atoms with Crippen LogP contribution in [0.4, 0.5) is 0 Å². The Kier molecular flexibility index (Phi) is 3.90. The van der Waals surface area contributed by atoms with Crippen molar-refractivity contribution < 1.29 is 0 Å². The van der Waals surface area contributed by atoms with Gasteiger partial charge in [0.1, 0.15) is 0 Å². The van der Waals surface area contributed by atoms with Crippen LogP contribution >= 0.6 is 0 Å². The standard InChI is InChI=1S/C15H23N5O2/c1-10(2)8-19-13-12(18(3)9-17-13)14(21)20(15(19)22)11-4-6-16-7-5-11/h9-11,16H,4-8H2,1-3H3. The molecule has 3 heterocycles. The molecule has 0 aliphatic carbocycles. The number of imidazole rings is 1. The molecule has 22 heavy (non-hydrogen) atoms. The fourth-order valence-corrected chi connectivity index (χ4v) is 3.20. The fourth-order valence-electron chi connectivity index (χ4n) is 3.20. The molecule has 0 saturated carbocycles. The van der Waals surface area contributed by atoms with E-state index in [9.17, 15) is 9.59 Å². The Bertz CT molecular complexity index is 793. The second-order valence-corrected chi connectivity index (χ2v) is 6.47. The first-order valence-corrected chi connectivity index (χ1v) is 7.87.